The van der Waals surface area contributed by atoms with Crippen LogP contribution in [0, 0.1) is 6.92 Å². The predicted molar refractivity (Wildman–Crippen MR) is 99.0 cm³/mol. The normalized spacial score (nSPS) is 20.6. The maximum atomic E-state index is 12.4. The molecule has 3 rings (SSSR count). The van der Waals surface area contributed by atoms with Gasteiger partial charge in [0.25, 0.3) is 0 Å². The Kier molecular flexibility index (Phi) is 4.91. The Labute approximate surface area is 150 Å². The van der Waals surface area contributed by atoms with Crippen molar-refractivity contribution >= 4 is 11.8 Å². The van der Waals surface area contributed by atoms with Crippen molar-refractivity contribution in [2.45, 2.75) is 51.7 Å². The lowest BCUT2D eigenvalue weighted by Crippen LogP contribution is -2.65. The Morgan fingerprint density at radius 2 is 2.00 bits per heavy atom. The van der Waals surface area contributed by atoms with E-state index in [1.165, 1.54) is 5.69 Å². The summed E-state index contributed by atoms with van der Waals surface area (Å²) in [6.45, 7) is 12.0. The van der Waals surface area contributed by atoms with Crippen LogP contribution in [0.15, 0.2) is 18.3 Å². The fraction of sp³-hybridized carbons (Fsp3) is 0.684. The molecule has 2 fully saturated rings. The van der Waals surface area contributed by atoms with Crippen LogP contribution in [0.4, 0.5) is 10.5 Å². The third-order valence-corrected chi connectivity index (χ3v) is 4.99. The Morgan fingerprint density at radius 1 is 1.28 bits per heavy atom. The monoisotopic (exact) mass is 346 g/mol. The van der Waals surface area contributed by atoms with Gasteiger partial charge in [0, 0.05) is 55.8 Å². The van der Waals surface area contributed by atoms with E-state index in [0.717, 1.165) is 44.7 Å². The van der Waals surface area contributed by atoms with Crippen molar-refractivity contribution in [1.82, 2.24) is 15.2 Å². The van der Waals surface area contributed by atoms with Crippen LogP contribution in [0.5, 0.6) is 0 Å². The quantitative estimate of drug-likeness (QED) is 0.847. The van der Waals surface area contributed by atoms with E-state index in [4.69, 9.17) is 4.74 Å². The first kappa shape index (κ1) is 18.0. The highest BCUT2D eigenvalue weighted by atomic mass is 16.6. The van der Waals surface area contributed by atoms with Crippen LogP contribution >= 0.6 is 0 Å². The Balaban J connectivity index is 1.61. The first-order valence-electron chi connectivity index (χ1n) is 9.17. The van der Waals surface area contributed by atoms with Crippen molar-refractivity contribution in [2.75, 3.05) is 37.6 Å². The number of nitrogens with zero attached hydrogens (tertiary/aromatic N) is 3. The molecule has 1 amide bonds. The smallest absolute Gasteiger partial charge is 0.410 e. The van der Waals surface area contributed by atoms with E-state index in [9.17, 15) is 4.79 Å². The number of piperazine rings is 1. The lowest BCUT2D eigenvalue weighted by molar-refractivity contribution is 0.00978. The number of aromatic nitrogens is 1. The van der Waals surface area contributed by atoms with Crippen LogP contribution in [0.1, 0.15) is 39.3 Å². The van der Waals surface area contributed by atoms with Crippen molar-refractivity contribution in [3.05, 3.63) is 24.0 Å². The second kappa shape index (κ2) is 6.83. The zero-order valence-corrected chi connectivity index (χ0v) is 15.8. The van der Waals surface area contributed by atoms with E-state index in [1.807, 2.05) is 38.8 Å². The molecule has 138 valence electrons. The number of rotatable bonds is 1. The molecule has 1 spiro atoms. The predicted octanol–water partition coefficient (Wildman–Crippen LogP) is 2.57. The number of anilines is 1. The highest BCUT2D eigenvalue weighted by molar-refractivity contribution is 5.68. The summed E-state index contributed by atoms with van der Waals surface area (Å²) < 4.78 is 5.56. The number of pyridine rings is 1. The molecule has 0 saturated carbocycles. The lowest BCUT2D eigenvalue weighted by atomic mass is 9.85. The highest BCUT2D eigenvalue weighted by Gasteiger charge is 2.40. The summed E-state index contributed by atoms with van der Waals surface area (Å²) in [7, 11) is 0. The van der Waals surface area contributed by atoms with Gasteiger partial charge in [-0.3, -0.25) is 4.98 Å². The van der Waals surface area contributed by atoms with Gasteiger partial charge in [-0.1, -0.05) is 0 Å². The molecular formula is C19H30N4O2. The molecule has 3 heterocycles. The van der Waals surface area contributed by atoms with Gasteiger partial charge in [0.1, 0.15) is 5.60 Å². The molecule has 25 heavy (non-hydrogen) atoms. The molecule has 1 aromatic rings. The van der Waals surface area contributed by atoms with E-state index in [0.29, 0.717) is 6.54 Å². The van der Waals surface area contributed by atoms with Gasteiger partial charge < -0.3 is 19.9 Å². The summed E-state index contributed by atoms with van der Waals surface area (Å²) in [5.41, 5.74) is 1.85. The van der Waals surface area contributed by atoms with Crippen LogP contribution in [0.25, 0.3) is 0 Å². The van der Waals surface area contributed by atoms with Crippen molar-refractivity contribution < 1.29 is 9.53 Å². The zero-order valence-electron chi connectivity index (χ0n) is 15.8. The lowest BCUT2D eigenvalue weighted by Gasteiger charge is -2.48. The standard InChI is InChI=1S/C19H30N4O2/c1-15-13-16(5-8-20-15)22-10-6-19(7-11-22)14-23(12-9-21-19)17(24)25-18(2,3)4/h5,8,13,21H,6-7,9-12,14H2,1-4H3. The van der Waals surface area contributed by atoms with Gasteiger partial charge in [-0.05, 0) is 52.7 Å². The number of ether oxygens (including phenoxy) is 1. The van der Waals surface area contributed by atoms with Crippen LogP contribution in [0.2, 0.25) is 0 Å². The second-order valence-electron chi connectivity index (χ2n) is 8.25. The fourth-order valence-corrected chi connectivity index (χ4v) is 3.69. The number of carbonyl (C=O) groups is 1. The molecule has 0 unspecified atom stereocenters. The topological polar surface area (TPSA) is 57.7 Å². The van der Waals surface area contributed by atoms with E-state index in [1.54, 1.807) is 0 Å². The Bertz CT molecular complexity index is 618. The van der Waals surface area contributed by atoms with Crippen molar-refractivity contribution in [1.29, 1.82) is 0 Å². The molecule has 0 aromatic carbocycles. The van der Waals surface area contributed by atoms with E-state index in [2.05, 4.69) is 27.3 Å². The summed E-state index contributed by atoms with van der Waals surface area (Å²) in [5, 5.41) is 3.68. The number of carbonyl (C=O) groups excluding carboxylic acids is 1. The average Bonchev–Trinajstić information content (AvgIpc) is 2.54. The van der Waals surface area contributed by atoms with Gasteiger partial charge in [0.05, 0.1) is 0 Å². The van der Waals surface area contributed by atoms with Crippen molar-refractivity contribution in [2.24, 2.45) is 0 Å². The van der Waals surface area contributed by atoms with Gasteiger partial charge in [0.2, 0.25) is 0 Å². The molecule has 6 nitrogen and oxygen atoms in total. The average molecular weight is 346 g/mol. The zero-order chi connectivity index (χ0) is 18.1. The number of nitrogens with one attached hydrogen (secondary N) is 1. The first-order chi connectivity index (χ1) is 11.8. The summed E-state index contributed by atoms with van der Waals surface area (Å²) in [6, 6.07) is 4.21. The molecule has 2 saturated heterocycles. The highest BCUT2D eigenvalue weighted by Crippen LogP contribution is 2.29. The third-order valence-electron chi connectivity index (χ3n) is 4.99. The molecule has 2 aliphatic heterocycles. The van der Waals surface area contributed by atoms with E-state index in [-0.39, 0.29) is 11.6 Å². The number of amides is 1. The molecule has 1 aromatic heterocycles. The molecule has 0 radical (unpaired) electrons. The fourth-order valence-electron chi connectivity index (χ4n) is 3.69. The number of hydrogen-bond acceptors (Lipinski definition) is 5. The minimum Gasteiger partial charge on any atom is -0.444 e. The number of aryl methyl sites for hydroxylation is 1. The minimum atomic E-state index is -0.447. The maximum Gasteiger partial charge on any atom is 0.410 e. The molecule has 1 N–H and O–H groups in total. The molecule has 2 aliphatic rings. The van der Waals surface area contributed by atoms with E-state index >= 15 is 0 Å². The van der Waals surface area contributed by atoms with Gasteiger partial charge in [-0.2, -0.15) is 0 Å². The minimum absolute atomic E-state index is 0.00767. The van der Waals surface area contributed by atoms with Crippen molar-refractivity contribution in [3.8, 4) is 0 Å². The Morgan fingerprint density at radius 3 is 2.64 bits per heavy atom. The maximum absolute atomic E-state index is 12.4. The van der Waals surface area contributed by atoms with Gasteiger partial charge in [-0.15, -0.1) is 0 Å². The van der Waals surface area contributed by atoms with E-state index < -0.39 is 5.60 Å². The molecule has 6 heteroatoms. The van der Waals surface area contributed by atoms with Gasteiger partial charge in [-0.25, -0.2) is 4.79 Å². The molecule has 0 aliphatic carbocycles. The SMILES string of the molecule is Cc1cc(N2CCC3(CC2)CN(C(=O)OC(C)(C)C)CCN3)ccn1. The van der Waals surface area contributed by atoms with Gasteiger partial charge in [0.15, 0.2) is 0 Å². The Hall–Kier alpha value is -1.82. The molecule has 0 atom stereocenters. The molecular weight excluding hydrogens is 316 g/mol. The van der Waals surface area contributed by atoms with Crippen LogP contribution in [-0.2, 0) is 4.74 Å². The number of hydrogen-bond donors (Lipinski definition) is 1. The largest absolute Gasteiger partial charge is 0.444 e. The van der Waals surface area contributed by atoms with Crippen LogP contribution in [-0.4, -0.2) is 59.8 Å². The summed E-state index contributed by atoms with van der Waals surface area (Å²) >= 11 is 0. The first-order valence-corrected chi connectivity index (χ1v) is 9.17. The third kappa shape index (κ3) is 4.42. The van der Waals surface area contributed by atoms with Crippen LogP contribution < -0.4 is 10.2 Å². The molecule has 0 bridgehead atoms. The van der Waals surface area contributed by atoms with Crippen molar-refractivity contribution in [3.63, 3.8) is 0 Å². The summed E-state index contributed by atoms with van der Waals surface area (Å²) in [5.74, 6) is 0. The van der Waals surface area contributed by atoms with Gasteiger partial charge >= 0.3 is 6.09 Å². The summed E-state index contributed by atoms with van der Waals surface area (Å²) in [6.07, 6.45) is 3.72. The van der Waals surface area contributed by atoms with Crippen LogP contribution in [0.3, 0.4) is 0 Å². The summed E-state index contributed by atoms with van der Waals surface area (Å²) in [4.78, 5) is 21.0. The second-order valence-corrected chi connectivity index (χ2v) is 8.25. The number of piperidine rings is 1.